The van der Waals surface area contributed by atoms with Crippen molar-refractivity contribution >= 4 is 5.91 Å². The minimum atomic E-state index is -0.641. The third-order valence-corrected chi connectivity index (χ3v) is 5.49. The molecule has 3 rings (SSSR count). The number of carbonyl (C=O) groups is 1. The molecule has 3 atom stereocenters. The molecule has 1 saturated carbocycles. The van der Waals surface area contributed by atoms with Gasteiger partial charge < -0.3 is 15.6 Å². The summed E-state index contributed by atoms with van der Waals surface area (Å²) in [4.78, 5) is 13.6. The molecule has 0 radical (unpaired) electrons. The summed E-state index contributed by atoms with van der Waals surface area (Å²) in [6.07, 6.45) is 4.70. The van der Waals surface area contributed by atoms with Gasteiger partial charge in [-0.25, -0.2) is 0 Å². The molecule has 3 N–H and O–H groups in total. The number of ether oxygens (including phenoxy) is 1. The summed E-state index contributed by atoms with van der Waals surface area (Å²) in [7, 11) is 1.66. The van der Waals surface area contributed by atoms with E-state index in [9.17, 15) is 9.90 Å². The second-order valence-corrected chi connectivity index (χ2v) is 6.83. The van der Waals surface area contributed by atoms with E-state index in [2.05, 4.69) is 4.90 Å². The highest BCUT2D eigenvalue weighted by atomic mass is 16.5. The quantitative estimate of drug-likeness (QED) is 0.888. The van der Waals surface area contributed by atoms with Crippen molar-refractivity contribution in [2.45, 2.75) is 43.7 Å². The first-order valence-corrected chi connectivity index (χ1v) is 8.43. The van der Waals surface area contributed by atoms with Gasteiger partial charge in [-0.05, 0) is 25.3 Å². The molecule has 1 unspecified atom stereocenters. The number of primary amides is 1. The van der Waals surface area contributed by atoms with Crippen LogP contribution in [0.25, 0.3) is 0 Å². The lowest BCUT2D eigenvalue weighted by molar-refractivity contribution is -0.136. The van der Waals surface area contributed by atoms with E-state index in [0.29, 0.717) is 13.0 Å². The number of methoxy groups -OCH3 is 1. The normalized spacial score (nSPS) is 31.4. The van der Waals surface area contributed by atoms with Gasteiger partial charge in [0.15, 0.2) is 0 Å². The van der Waals surface area contributed by atoms with Crippen LogP contribution in [0, 0.1) is 5.92 Å². The van der Waals surface area contributed by atoms with Gasteiger partial charge in [-0.1, -0.05) is 31.0 Å². The molecule has 2 aliphatic rings. The summed E-state index contributed by atoms with van der Waals surface area (Å²) in [6, 6.07) is 7.87. The number of benzene rings is 1. The van der Waals surface area contributed by atoms with Gasteiger partial charge in [-0.2, -0.15) is 0 Å². The average molecular weight is 318 g/mol. The van der Waals surface area contributed by atoms with Crippen LogP contribution in [0.5, 0.6) is 5.75 Å². The van der Waals surface area contributed by atoms with Crippen molar-refractivity contribution in [3.63, 3.8) is 0 Å². The molecule has 0 bridgehead atoms. The number of fused-ring (bicyclic) bond motifs is 1. The monoisotopic (exact) mass is 318 g/mol. The summed E-state index contributed by atoms with van der Waals surface area (Å²) in [5.74, 6) is 0.591. The van der Waals surface area contributed by atoms with Gasteiger partial charge in [0, 0.05) is 24.1 Å². The molecule has 23 heavy (non-hydrogen) atoms. The Balaban J connectivity index is 2.02. The highest BCUT2D eigenvalue weighted by Gasteiger charge is 2.49. The third-order valence-electron chi connectivity index (χ3n) is 5.49. The lowest BCUT2D eigenvalue weighted by atomic mass is 9.66. The van der Waals surface area contributed by atoms with Crippen molar-refractivity contribution in [2.24, 2.45) is 11.7 Å². The van der Waals surface area contributed by atoms with E-state index in [-0.39, 0.29) is 24.4 Å². The van der Waals surface area contributed by atoms with Crippen LogP contribution in [0.2, 0.25) is 0 Å². The number of nitrogens with two attached hydrogens (primary N) is 1. The summed E-state index contributed by atoms with van der Waals surface area (Å²) in [5, 5.41) is 11.2. The Labute approximate surface area is 137 Å². The van der Waals surface area contributed by atoms with Gasteiger partial charge in [-0.3, -0.25) is 9.69 Å². The fourth-order valence-electron chi connectivity index (χ4n) is 4.44. The van der Waals surface area contributed by atoms with Gasteiger partial charge >= 0.3 is 0 Å². The van der Waals surface area contributed by atoms with Crippen molar-refractivity contribution < 1.29 is 14.6 Å². The molecule has 2 fully saturated rings. The molecule has 0 aromatic heterocycles. The first-order valence-electron chi connectivity index (χ1n) is 8.43. The Bertz CT molecular complexity index is 577. The van der Waals surface area contributed by atoms with E-state index >= 15 is 0 Å². The van der Waals surface area contributed by atoms with Gasteiger partial charge in [0.1, 0.15) is 5.75 Å². The molecule has 1 amide bonds. The van der Waals surface area contributed by atoms with Crippen LogP contribution in [-0.2, 0) is 4.79 Å². The number of rotatable bonds is 4. The maximum absolute atomic E-state index is 11.5. The standard InChI is InChI=1S/C18H26N2O3/c1-23-15-8-3-2-6-13(15)17-14-7-4-5-9-18(14,22)10-11-20(17)12-16(19)21/h2-3,6,8,14,17,22H,4-5,7,9-12H2,1H3,(H2,19,21)/t14-,17?,18-/m0/s1. The topological polar surface area (TPSA) is 75.8 Å². The molecule has 0 spiro atoms. The Morgan fingerprint density at radius 1 is 1.39 bits per heavy atom. The number of para-hydroxylation sites is 1. The SMILES string of the molecule is COc1ccccc1C1[C@@H]2CCCC[C@]2(O)CCN1CC(N)=O. The van der Waals surface area contributed by atoms with Crippen molar-refractivity contribution in [3.05, 3.63) is 29.8 Å². The van der Waals surface area contributed by atoms with Crippen LogP contribution >= 0.6 is 0 Å². The van der Waals surface area contributed by atoms with Gasteiger partial charge in [-0.15, -0.1) is 0 Å². The predicted octanol–water partition coefficient (Wildman–Crippen LogP) is 1.85. The summed E-state index contributed by atoms with van der Waals surface area (Å²) in [6.45, 7) is 0.897. The molecule has 5 nitrogen and oxygen atoms in total. The van der Waals surface area contributed by atoms with Crippen molar-refractivity contribution in [1.29, 1.82) is 0 Å². The second kappa shape index (κ2) is 6.49. The average Bonchev–Trinajstić information content (AvgIpc) is 2.54. The number of nitrogens with zero attached hydrogens (tertiary/aromatic N) is 1. The van der Waals surface area contributed by atoms with Crippen LogP contribution in [0.15, 0.2) is 24.3 Å². The van der Waals surface area contributed by atoms with Crippen molar-refractivity contribution in [2.75, 3.05) is 20.2 Å². The largest absolute Gasteiger partial charge is 0.496 e. The third kappa shape index (κ3) is 3.08. The Kier molecular flexibility index (Phi) is 4.60. The lowest BCUT2D eigenvalue weighted by Crippen LogP contribution is -2.56. The van der Waals surface area contributed by atoms with Crippen LogP contribution in [0.4, 0.5) is 0 Å². The summed E-state index contributed by atoms with van der Waals surface area (Å²) >= 11 is 0. The van der Waals surface area contributed by atoms with Gasteiger partial charge in [0.05, 0.1) is 19.3 Å². The van der Waals surface area contributed by atoms with Gasteiger partial charge in [0.2, 0.25) is 5.91 Å². The van der Waals surface area contributed by atoms with E-state index in [1.807, 2.05) is 24.3 Å². The molecule has 1 aliphatic carbocycles. The minimum absolute atomic E-state index is 0.0299. The number of hydrogen-bond donors (Lipinski definition) is 2. The summed E-state index contributed by atoms with van der Waals surface area (Å²) in [5.41, 5.74) is 5.86. The van der Waals surface area contributed by atoms with Crippen molar-refractivity contribution in [3.8, 4) is 5.75 Å². The smallest absolute Gasteiger partial charge is 0.231 e. The maximum atomic E-state index is 11.5. The molecule has 1 heterocycles. The predicted molar refractivity (Wildman–Crippen MR) is 88.0 cm³/mol. The van der Waals surface area contributed by atoms with E-state index < -0.39 is 5.60 Å². The van der Waals surface area contributed by atoms with Crippen LogP contribution in [0.3, 0.4) is 0 Å². The molecule has 1 aliphatic heterocycles. The van der Waals surface area contributed by atoms with Crippen LogP contribution in [0.1, 0.15) is 43.7 Å². The molecule has 1 aromatic carbocycles. The molecular weight excluding hydrogens is 292 g/mol. The number of piperidine rings is 1. The molecule has 126 valence electrons. The van der Waals surface area contributed by atoms with E-state index in [4.69, 9.17) is 10.5 Å². The minimum Gasteiger partial charge on any atom is -0.496 e. The van der Waals surface area contributed by atoms with Crippen LogP contribution < -0.4 is 10.5 Å². The van der Waals surface area contributed by atoms with E-state index in [1.165, 1.54) is 0 Å². The number of carbonyl (C=O) groups excluding carboxylic acids is 1. The fraction of sp³-hybridized carbons (Fsp3) is 0.611. The first kappa shape index (κ1) is 16.3. The number of hydrogen-bond acceptors (Lipinski definition) is 4. The number of amides is 1. The Hall–Kier alpha value is -1.59. The van der Waals surface area contributed by atoms with Crippen LogP contribution in [-0.4, -0.2) is 41.7 Å². The number of likely N-dealkylation sites (tertiary alicyclic amines) is 1. The zero-order valence-electron chi connectivity index (χ0n) is 13.7. The highest BCUT2D eigenvalue weighted by Crippen LogP contribution is 2.50. The second-order valence-electron chi connectivity index (χ2n) is 6.83. The van der Waals surface area contributed by atoms with E-state index in [1.54, 1.807) is 7.11 Å². The van der Waals surface area contributed by atoms with Crippen molar-refractivity contribution in [1.82, 2.24) is 4.90 Å². The maximum Gasteiger partial charge on any atom is 0.231 e. The first-order chi connectivity index (χ1) is 11.0. The molecular formula is C18H26N2O3. The zero-order valence-corrected chi connectivity index (χ0v) is 13.7. The summed E-state index contributed by atoms with van der Waals surface area (Å²) < 4.78 is 5.54. The molecule has 1 aromatic rings. The number of aliphatic hydroxyl groups is 1. The molecule has 1 saturated heterocycles. The highest BCUT2D eigenvalue weighted by molar-refractivity contribution is 5.76. The zero-order chi connectivity index (χ0) is 16.4. The fourth-order valence-corrected chi connectivity index (χ4v) is 4.44. The van der Waals surface area contributed by atoms with E-state index in [0.717, 1.165) is 37.0 Å². The Morgan fingerprint density at radius 2 is 2.17 bits per heavy atom. The molecule has 5 heteroatoms. The Morgan fingerprint density at radius 3 is 2.91 bits per heavy atom. The van der Waals surface area contributed by atoms with Gasteiger partial charge in [0.25, 0.3) is 0 Å². The lowest BCUT2D eigenvalue weighted by Gasteiger charge is -2.52.